The maximum Gasteiger partial charge on any atom is 0.305 e. The molecule has 0 bridgehead atoms. The molecule has 4 heteroatoms. The van der Waals surface area contributed by atoms with E-state index in [4.69, 9.17) is 4.74 Å². The zero-order valence-electron chi connectivity index (χ0n) is 14.7. The van der Waals surface area contributed by atoms with Gasteiger partial charge >= 0.3 is 5.97 Å². The average molecular weight is 434 g/mol. The maximum absolute atomic E-state index is 11.7. The summed E-state index contributed by atoms with van der Waals surface area (Å²) in [6.07, 6.45) is 11.2. The minimum atomic E-state index is -0.0117. The molecule has 1 heterocycles. The lowest BCUT2D eigenvalue weighted by Gasteiger charge is -2.32. The van der Waals surface area contributed by atoms with Crippen LogP contribution in [-0.4, -0.2) is 43.2 Å². The van der Waals surface area contributed by atoms with Gasteiger partial charge < -0.3 is 9.22 Å². The molecule has 1 saturated heterocycles. The number of carbonyl (C=O) groups excluding carboxylic acids is 1. The number of carbonyl (C=O) groups is 1. The predicted octanol–water partition coefficient (Wildman–Crippen LogP) is 4.68. The van der Waals surface area contributed by atoms with Crippen LogP contribution in [0.15, 0.2) is 0 Å². The molecule has 1 aliphatic rings. The molecule has 0 unspecified atom stereocenters. The molecule has 0 aromatic carbocycles. The van der Waals surface area contributed by atoms with Gasteiger partial charge in [0, 0.05) is 41.9 Å². The first-order valence-corrected chi connectivity index (χ1v) is 10.4. The molecule has 1 aliphatic heterocycles. The smallest absolute Gasteiger partial charge is 0.305 e. The molecule has 23 heavy (non-hydrogen) atoms. The second-order valence-electron chi connectivity index (χ2n) is 6.74. The second kappa shape index (κ2) is 13.1. The molecule has 0 aliphatic carbocycles. The largest absolute Gasteiger partial charge is 0.466 e. The third-order valence-electron chi connectivity index (χ3n) is 4.77. The van der Waals surface area contributed by atoms with E-state index in [-0.39, 0.29) is 5.97 Å². The third kappa shape index (κ3) is 9.56. The number of ether oxygens (including phenoxy) is 1. The first-order chi connectivity index (χ1) is 11.2. The van der Waals surface area contributed by atoms with E-state index in [0.717, 1.165) is 25.8 Å². The monoisotopic (exact) mass is 434 g/mol. The van der Waals surface area contributed by atoms with Crippen molar-refractivity contribution in [1.29, 1.82) is 0 Å². The van der Waals surface area contributed by atoms with Crippen molar-refractivity contribution in [2.75, 3.05) is 32.8 Å². The predicted molar refractivity (Wildman–Crippen MR) is 104 cm³/mol. The summed E-state index contributed by atoms with van der Waals surface area (Å²) in [7, 11) is 0. The van der Waals surface area contributed by atoms with Crippen LogP contribution in [0, 0.1) is 9.85 Å². The normalized spacial score (nSPS) is 15.9. The van der Waals surface area contributed by atoms with Crippen LogP contribution in [0.1, 0.15) is 71.1 Å². The van der Waals surface area contributed by atoms with Gasteiger partial charge in [0.15, 0.2) is 0 Å². The van der Waals surface area contributed by atoms with Gasteiger partial charge in [-0.15, -0.1) is 0 Å². The molecule has 1 rings (SSSR count). The average Bonchev–Trinajstić information content (AvgIpc) is 3.01. The highest BCUT2D eigenvalue weighted by Crippen LogP contribution is 2.20. The van der Waals surface area contributed by atoms with Gasteiger partial charge in [-0.1, -0.05) is 26.2 Å². The zero-order chi connectivity index (χ0) is 16.8. The number of unbranched alkanes of at least 4 members (excludes halogenated alkanes) is 5. The van der Waals surface area contributed by atoms with E-state index >= 15 is 0 Å². The van der Waals surface area contributed by atoms with Gasteiger partial charge in [-0.3, -0.25) is 4.79 Å². The van der Waals surface area contributed by atoms with E-state index in [1.165, 1.54) is 62.6 Å². The van der Waals surface area contributed by atoms with Crippen LogP contribution in [0.4, 0.5) is 0 Å². The van der Waals surface area contributed by atoms with Gasteiger partial charge in [-0.25, -0.2) is 0 Å². The van der Waals surface area contributed by atoms with Crippen LogP contribution in [-0.2, 0) is 9.53 Å². The van der Waals surface area contributed by atoms with Gasteiger partial charge in [0.1, 0.15) is 6.54 Å². The highest BCUT2D eigenvalue weighted by atomic mass is 127. The Bertz CT molecular complexity index is 381. The van der Waals surface area contributed by atoms with Crippen LogP contribution in [0.3, 0.4) is 0 Å². The van der Waals surface area contributed by atoms with Crippen LogP contribution >= 0.6 is 22.6 Å². The summed E-state index contributed by atoms with van der Waals surface area (Å²) in [5, 5.41) is 0. The van der Waals surface area contributed by atoms with E-state index in [9.17, 15) is 4.79 Å². The molecular formula is C19H33INO2+. The fourth-order valence-electron chi connectivity index (χ4n) is 3.34. The number of esters is 1. The van der Waals surface area contributed by atoms with Crippen molar-refractivity contribution < 1.29 is 14.0 Å². The molecule has 0 amide bonds. The summed E-state index contributed by atoms with van der Waals surface area (Å²) in [5.41, 5.74) is 0. The van der Waals surface area contributed by atoms with E-state index < -0.39 is 0 Å². The highest BCUT2D eigenvalue weighted by Gasteiger charge is 2.30. The first kappa shape index (κ1) is 20.8. The summed E-state index contributed by atoms with van der Waals surface area (Å²) < 4.78 is 9.47. The van der Waals surface area contributed by atoms with Crippen LogP contribution in [0.2, 0.25) is 0 Å². The number of rotatable bonds is 12. The molecule has 0 aromatic rings. The van der Waals surface area contributed by atoms with E-state index in [1.807, 2.05) is 0 Å². The second-order valence-corrected chi connectivity index (χ2v) is 7.28. The molecule has 0 aromatic heterocycles. The summed E-state index contributed by atoms with van der Waals surface area (Å²) in [6, 6.07) is 0. The fraction of sp³-hybridized carbons (Fsp3) is 0.842. The molecular weight excluding hydrogens is 401 g/mol. The number of hydrogen-bond donors (Lipinski definition) is 0. The van der Waals surface area contributed by atoms with Crippen molar-refractivity contribution in [3.63, 3.8) is 0 Å². The van der Waals surface area contributed by atoms with Crippen molar-refractivity contribution in [2.24, 2.45) is 0 Å². The highest BCUT2D eigenvalue weighted by molar-refractivity contribution is 14.1. The number of nitrogens with zero attached hydrogens (tertiary/aromatic N) is 1. The summed E-state index contributed by atoms with van der Waals surface area (Å²) >= 11 is 2.13. The lowest BCUT2D eigenvalue weighted by molar-refractivity contribution is -0.910. The Morgan fingerprint density at radius 1 is 1.09 bits per heavy atom. The quantitative estimate of drug-likeness (QED) is 0.147. The summed E-state index contributed by atoms with van der Waals surface area (Å²) in [4.78, 5) is 11.7. The van der Waals surface area contributed by atoms with Gasteiger partial charge in [-0.2, -0.15) is 0 Å². The van der Waals surface area contributed by atoms with E-state index in [0.29, 0.717) is 13.0 Å². The van der Waals surface area contributed by atoms with Crippen molar-refractivity contribution in [1.82, 2.24) is 0 Å². The number of quaternary nitrogens is 1. The molecule has 0 atom stereocenters. The standard InChI is InChI=1S/C19H33INO2/c1-2-3-4-10-18-23-19(22)12-6-5-7-14-21(17-11-13-20)15-8-9-16-21/h2-10,12,14-18H2,1H3/q+1. The Kier molecular flexibility index (Phi) is 11.8. The Hall–Kier alpha value is -0.280. The van der Waals surface area contributed by atoms with Crippen molar-refractivity contribution in [3.05, 3.63) is 0 Å². The lowest BCUT2D eigenvalue weighted by Crippen LogP contribution is -2.46. The van der Waals surface area contributed by atoms with Crippen molar-refractivity contribution in [3.8, 4) is 9.85 Å². The van der Waals surface area contributed by atoms with Crippen LogP contribution < -0.4 is 0 Å². The van der Waals surface area contributed by atoms with E-state index in [2.05, 4.69) is 39.4 Å². The topological polar surface area (TPSA) is 26.3 Å². The zero-order valence-corrected chi connectivity index (χ0v) is 16.9. The summed E-state index contributed by atoms with van der Waals surface area (Å²) in [6.45, 7) is 7.58. The van der Waals surface area contributed by atoms with Crippen molar-refractivity contribution in [2.45, 2.75) is 71.1 Å². The van der Waals surface area contributed by atoms with Crippen molar-refractivity contribution >= 4 is 28.6 Å². The minimum Gasteiger partial charge on any atom is -0.466 e. The molecule has 132 valence electrons. The molecule has 0 N–H and O–H groups in total. The Morgan fingerprint density at radius 2 is 1.83 bits per heavy atom. The first-order valence-electron chi connectivity index (χ1n) is 9.32. The molecule has 0 saturated carbocycles. The summed E-state index contributed by atoms with van der Waals surface area (Å²) in [5.74, 6) is 3.25. The SMILES string of the molecule is CCCCCCOC(=O)CCCCC[N+]1(CC#CI)CCCC1. The number of halogens is 1. The van der Waals surface area contributed by atoms with Crippen LogP contribution in [0.5, 0.6) is 0 Å². The molecule has 0 radical (unpaired) electrons. The Labute approximate surface area is 156 Å². The minimum absolute atomic E-state index is 0.0117. The Balaban J connectivity index is 2.05. The van der Waals surface area contributed by atoms with Crippen LogP contribution in [0.25, 0.3) is 0 Å². The number of likely N-dealkylation sites (tertiary alicyclic amines) is 1. The van der Waals surface area contributed by atoms with Gasteiger partial charge in [0.25, 0.3) is 0 Å². The van der Waals surface area contributed by atoms with Gasteiger partial charge in [0.05, 0.1) is 26.2 Å². The molecule has 1 fully saturated rings. The molecule has 3 nitrogen and oxygen atoms in total. The lowest BCUT2D eigenvalue weighted by atomic mass is 10.1. The number of hydrogen-bond acceptors (Lipinski definition) is 2. The Morgan fingerprint density at radius 3 is 2.52 bits per heavy atom. The van der Waals surface area contributed by atoms with E-state index in [1.54, 1.807) is 0 Å². The molecule has 0 spiro atoms. The van der Waals surface area contributed by atoms with Gasteiger partial charge in [-0.05, 0) is 35.5 Å². The fourth-order valence-corrected chi connectivity index (χ4v) is 3.52. The van der Waals surface area contributed by atoms with Gasteiger partial charge in [0.2, 0.25) is 0 Å². The maximum atomic E-state index is 11.7. The third-order valence-corrected chi connectivity index (χ3v) is 5.15.